The van der Waals surface area contributed by atoms with Crippen molar-refractivity contribution in [2.45, 2.75) is 62.4 Å². The molecule has 0 aromatic heterocycles. The molecule has 10 nitrogen and oxygen atoms in total. The lowest BCUT2D eigenvalue weighted by atomic mass is 9.83. The normalized spacial score (nSPS) is 19.2. The number of phenolic OH excluding ortho intramolecular Hbond substituents is 1. The van der Waals surface area contributed by atoms with Crippen molar-refractivity contribution in [1.82, 2.24) is 5.48 Å². The molecule has 0 aliphatic carbocycles. The summed E-state index contributed by atoms with van der Waals surface area (Å²) in [6, 6.07) is 20.5. The van der Waals surface area contributed by atoms with Gasteiger partial charge in [0, 0.05) is 29.4 Å². The Hall–Kier alpha value is -3.71. The van der Waals surface area contributed by atoms with Crippen molar-refractivity contribution in [3.05, 3.63) is 88.4 Å². The smallest absolute Gasteiger partial charge is 0.315 e. The number of hydrogen-bond acceptors (Lipinski definition) is 8. The molecular formula is C32H33BrN2O8S. The lowest BCUT2D eigenvalue weighted by Gasteiger charge is -2.25. The summed E-state index contributed by atoms with van der Waals surface area (Å²) in [5.74, 6) is -0.207. The molecule has 1 fully saturated rings. The van der Waals surface area contributed by atoms with Gasteiger partial charge in [-0.25, -0.2) is 5.48 Å². The van der Waals surface area contributed by atoms with Crippen LogP contribution in [0.1, 0.15) is 56.1 Å². The fraction of sp³-hybridized carbons (Fsp3) is 0.312. The summed E-state index contributed by atoms with van der Waals surface area (Å²) in [5.41, 5.74) is 5.39. The summed E-state index contributed by atoms with van der Waals surface area (Å²) in [7, 11) is -4.06. The Kier molecular flexibility index (Phi) is 10.0. The number of nitrogens with one attached hydrogen (secondary N) is 2. The number of rotatable bonds is 13. The maximum Gasteiger partial charge on any atom is 0.315 e. The largest absolute Gasteiger partial charge is 0.508 e. The summed E-state index contributed by atoms with van der Waals surface area (Å²) in [6.07, 6.45) is 2.44. The Morgan fingerprint density at radius 1 is 0.841 bits per heavy atom. The van der Waals surface area contributed by atoms with Crippen LogP contribution in [-0.2, 0) is 24.4 Å². The molecule has 5 rings (SSSR count). The number of unbranched alkanes of at least 4 members (excludes halogenated alkanes) is 3. The molecule has 44 heavy (non-hydrogen) atoms. The first-order chi connectivity index (χ1) is 21.1. The third-order valence-electron chi connectivity index (χ3n) is 7.73. The average molecular weight is 686 g/mol. The third-order valence-corrected chi connectivity index (χ3v) is 9.86. The van der Waals surface area contributed by atoms with E-state index in [9.17, 15) is 23.1 Å². The van der Waals surface area contributed by atoms with Crippen molar-refractivity contribution in [2.75, 3.05) is 5.32 Å². The first kappa shape index (κ1) is 31.7. The fourth-order valence-electron chi connectivity index (χ4n) is 5.62. The number of phenols is 1. The van der Waals surface area contributed by atoms with Gasteiger partial charge in [0.15, 0.2) is 0 Å². The summed E-state index contributed by atoms with van der Waals surface area (Å²) in [5, 5.41) is 20.3. The number of aromatic hydroxyl groups is 1. The highest BCUT2D eigenvalue weighted by Gasteiger charge is 2.53. The number of amides is 2. The molecule has 3 aromatic carbocycles. The monoisotopic (exact) mass is 684 g/mol. The molecule has 2 heterocycles. The molecule has 3 atom stereocenters. The minimum Gasteiger partial charge on any atom is -0.508 e. The van der Waals surface area contributed by atoms with E-state index in [1.165, 1.54) is 0 Å². The van der Waals surface area contributed by atoms with Gasteiger partial charge in [-0.05, 0) is 83.6 Å². The van der Waals surface area contributed by atoms with Crippen molar-refractivity contribution in [2.24, 2.45) is 0 Å². The lowest BCUT2D eigenvalue weighted by molar-refractivity contribution is -0.129. The third kappa shape index (κ3) is 7.49. The van der Waals surface area contributed by atoms with Crippen LogP contribution >= 0.6 is 15.9 Å². The molecular weight excluding hydrogens is 652 g/mol. The molecule has 2 aliphatic heterocycles. The van der Waals surface area contributed by atoms with Crippen LogP contribution < -0.4 is 15.0 Å². The summed E-state index contributed by atoms with van der Waals surface area (Å²) in [4.78, 5) is 23.6. The molecule has 0 saturated carbocycles. The molecule has 3 unspecified atom stereocenters. The van der Waals surface area contributed by atoms with Crippen LogP contribution in [0.4, 0.5) is 5.69 Å². The zero-order chi connectivity index (χ0) is 31.3. The number of halogens is 1. The quantitative estimate of drug-likeness (QED) is 0.0764. The molecule has 3 aromatic rings. The number of hydroxylamine groups is 1. The van der Waals surface area contributed by atoms with Crippen molar-refractivity contribution < 1.29 is 37.2 Å². The van der Waals surface area contributed by atoms with Gasteiger partial charge in [-0.3, -0.25) is 14.8 Å². The van der Waals surface area contributed by atoms with Crippen molar-refractivity contribution >= 4 is 54.7 Å². The first-order valence-corrected chi connectivity index (χ1v) is 16.6. The molecule has 0 spiro atoms. The second-order valence-corrected chi connectivity index (χ2v) is 13.5. The topological polar surface area (TPSA) is 151 Å². The van der Waals surface area contributed by atoms with Gasteiger partial charge in [0.25, 0.3) is 0 Å². The number of ether oxygens (including phenoxy) is 1. The predicted octanol–water partition coefficient (Wildman–Crippen LogP) is 5.80. The van der Waals surface area contributed by atoms with Crippen LogP contribution in [0.3, 0.4) is 0 Å². The Bertz CT molecular complexity index is 1620. The van der Waals surface area contributed by atoms with Gasteiger partial charge in [-0.1, -0.05) is 53.0 Å². The highest BCUT2D eigenvalue weighted by molar-refractivity contribution is 9.10. The fourth-order valence-corrected chi connectivity index (χ4v) is 7.30. The lowest BCUT2D eigenvalue weighted by Crippen LogP contribution is -2.35. The molecule has 2 aliphatic rings. The van der Waals surface area contributed by atoms with E-state index >= 15 is 0 Å². The molecule has 12 heteroatoms. The van der Waals surface area contributed by atoms with E-state index in [1.807, 2.05) is 12.1 Å². The minimum absolute atomic E-state index is 0.123. The van der Waals surface area contributed by atoms with E-state index < -0.39 is 33.5 Å². The van der Waals surface area contributed by atoms with Gasteiger partial charge in [-0.2, -0.15) is 8.42 Å². The number of benzene rings is 3. The summed E-state index contributed by atoms with van der Waals surface area (Å²) >= 11 is 3.34. The molecule has 2 bridgehead atoms. The Morgan fingerprint density at radius 3 is 2.07 bits per heavy atom. The summed E-state index contributed by atoms with van der Waals surface area (Å²) < 4.78 is 39.5. The van der Waals surface area contributed by atoms with Crippen LogP contribution in [0.2, 0.25) is 0 Å². The van der Waals surface area contributed by atoms with Crippen LogP contribution in [-0.4, -0.2) is 48.0 Å². The predicted molar refractivity (Wildman–Crippen MR) is 168 cm³/mol. The van der Waals surface area contributed by atoms with Crippen LogP contribution in [0.25, 0.3) is 11.1 Å². The number of carbonyl (C=O) groups is 2. The van der Waals surface area contributed by atoms with Gasteiger partial charge in [-0.15, -0.1) is 0 Å². The van der Waals surface area contributed by atoms with E-state index in [0.717, 1.165) is 39.6 Å². The maximum atomic E-state index is 13.5. The van der Waals surface area contributed by atoms with Crippen LogP contribution in [0, 0.1) is 0 Å². The maximum absolute atomic E-state index is 13.5. The number of carbonyl (C=O) groups excluding carboxylic acids is 2. The van der Waals surface area contributed by atoms with E-state index in [0.29, 0.717) is 24.9 Å². The van der Waals surface area contributed by atoms with Gasteiger partial charge >= 0.3 is 10.1 Å². The zero-order valence-corrected chi connectivity index (χ0v) is 26.1. The first-order valence-electron chi connectivity index (χ1n) is 14.4. The van der Waals surface area contributed by atoms with Gasteiger partial charge in [0.1, 0.15) is 22.9 Å². The van der Waals surface area contributed by atoms with Crippen LogP contribution in [0.5, 0.6) is 11.5 Å². The zero-order valence-electron chi connectivity index (χ0n) is 23.7. The molecule has 232 valence electrons. The highest BCUT2D eigenvalue weighted by atomic mass is 79.9. The van der Waals surface area contributed by atoms with E-state index in [-0.39, 0.29) is 30.2 Å². The molecule has 4 N–H and O–H groups in total. The molecule has 0 radical (unpaired) electrons. The van der Waals surface area contributed by atoms with Crippen molar-refractivity contribution in [3.63, 3.8) is 0 Å². The van der Waals surface area contributed by atoms with Crippen molar-refractivity contribution in [3.8, 4) is 11.5 Å². The second kappa shape index (κ2) is 13.9. The average Bonchev–Trinajstić information content (AvgIpc) is 3.61. The Balaban J connectivity index is 1.31. The molecule has 1 saturated heterocycles. The number of hydrogen-bond donors (Lipinski definition) is 4. The molecule has 2 amide bonds. The van der Waals surface area contributed by atoms with E-state index in [1.54, 1.807) is 66.1 Å². The number of anilines is 1. The standard InChI is InChI=1S/C32H33BrN2O8S/c33-22-11-17-25(18-12-22)43-44(40,41)27-19-26-30(20-9-15-24(36)16-10-20)31(32(27)42-26)21-7-13-23(14-8-21)34-28(37)5-3-1-2-4-6-29(38)35-39/h7-18,26-27,32,36,39H,1-6,19H2,(H,34,37)(H,35,38). The van der Waals surface area contributed by atoms with E-state index in [4.69, 9.17) is 14.1 Å². The van der Waals surface area contributed by atoms with Gasteiger partial charge < -0.3 is 19.3 Å². The Labute approximate surface area is 264 Å². The van der Waals surface area contributed by atoms with Gasteiger partial charge in [0.2, 0.25) is 11.8 Å². The van der Waals surface area contributed by atoms with Gasteiger partial charge in [0.05, 0.1) is 6.10 Å². The minimum atomic E-state index is -4.06. The van der Waals surface area contributed by atoms with Crippen molar-refractivity contribution in [1.29, 1.82) is 0 Å². The number of fused-ring (bicyclic) bond motifs is 2. The second-order valence-electron chi connectivity index (χ2n) is 10.8. The SMILES string of the molecule is O=C(CCCCCCC(=O)Nc1ccc(C2=C(c3ccc(O)cc3)C3CC(S(=O)(=O)Oc4ccc(Br)cc4)C2O3)cc1)NO. The van der Waals surface area contributed by atoms with E-state index in [2.05, 4.69) is 21.2 Å². The Morgan fingerprint density at radius 2 is 1.43 bits per heavy atom. The highest BCUT2D eigenvalue weighted by Crippen LogP contribution is 2.51. The van der Waals surface area contributed by atoms with Crippen LogP contribution in [0.15, 0.2) is 77.3 Å². The summed E-state index contributed by atoms with van der Waals surface area (Å²) in [6.45, 7) is 0.